The molecular weight excluding hydrogens is 316 g/mol. The fraction of sp³-hybridized carbons (Fsp3) is 0.722. The minimum absolute atomic E-state index is 0.290. The maximum Gasteiger partial charge on any atom is 0.192 e. The first-order chi connectivity index (χ1) is 11.2. The van der Waals surface area contributed by atoms with E-state index >= 15 is 0 Å². The Labute approximate surface area is 148 Å². The van der Waals surface area contributed by atoms with Crippen LogP contribution >= 0.6 is 0 Å². The minimum Gasteiger partial charge on any atom is -0.416 e. The summed E-state index contributed by atoms with van der Waals surface area (Å²) in [5, 5.41) is 0.290. The molecule has 0 atom stereocenters. The zero-order valence-corrected chi connectivity index (χ0v) is 17.0. The van der Waals surface area contributed by atoms with Crippen LogP contribution in [0.25, 0.3) is 0 Å². The van der Waals surface area contributed by atoms with E-state index in [1.165, 1.54) is 5.56 Å². The quantitative estimate of drug-likeness (QED) is 0.800. The number of pyridine rings is 1. The Kier molecular flexibility index (Phi) is 6.42. The van der Waals surface area contributed by atoms with Gasteiger partial charge in [0.05, 0.1) is 0 Å². The lowest BCUT2D eigenvalue weighted by Gasteiger charge is -2.38. The monoisotopic (exact) mass is 350 g/mol. The van der Waals surface area contributed by atoms with Crippen molar-refractivity contribution >= 4 is 14.1 Å². The Bertz CT molecular complexity index is 505. The van der Waals surface area contributed by atoms with Gasteiger partial charge in [-0.25, -0.2) is 4.98 Å². The molecule has 0 aliphatic carbocycles. The molecule has 6 heteroatoms. The van der Waals surface area contributed by atoms with Crippen molar-refractivity contribution in [3.05, 3.63) is 23.9 Å². The van der Waals surface area contributed by atoms with Crippen LogP contribution in [0, 0.1) is 0 Å². The van der Waals surface area contributed by atoms with Crippen molar-refractivity contribution in [2.45, 2.75) is 45.4 Å². The van der Waals surface area contributed by atoms with Crippen molar-refractivity contribution < 1.29 is 4.43 Å². The van der Waals surface area contributed by atoms with Crippen LogP contribution in [-0.4, -0.2) is 62.4 Å². The maximum absolute atomic E-state index is 6.29. The average molecular weight is 351 g/mol. The van der Waals surface area contributed by atoms with Gasteiger partial charge in [-0.2, -0.15) is 0 Å². The van der Waals surface area contributed by atoms with E-state index in [1.54, 1.807) is 0 Å². The molecule has 0 spiro atoms. The van der Waals surface area contributed by atoms with Gasteiger partial charge >= 0.3 is 0 Å². The zero-order chi connectivity index (χ0) is 17.8. The minimum atomic E-state index is -1.61. The zero-order valence-electron chi connectivity index (χ0n) is 16.0. The Hall–Kier alpha value is -0.953. The number of nitrogens with zero attached hydrogens (tertiary/aromatic N) is 3. The van der Waals surface area contributed by atoms with Gasteiger partial charge in [0.15, 0.2) is 8.32 Å². The van der Waals surface area contributed by atoms with Crippen LogP contribution in [0.4, 0.5) is 5.82 Å². The molecule has 0 amide bonds. The van der Waals surface area contributed by atoms with Gasteiger partial charge in [-0.15, -0.1) is 0 Å². The molecule has 24 heavy (non-hydrogen) atoms. The van der Waals surface area contributed by atoms with Gasteiger partial charge in [-0.05, 0) is 29.8 Å². The number of nitrogen functional groups attached to an aromatic ring is 1. The first-order valence-electron chi connectivity index (χ1n) is 8.96. The number of aromatic nitrogens is 1. The third-order valence-corrected chi connectivity index (χ3v) is 9.93. The van der Waals surface area contributed by atoms with Crippen LogP contribution in [0.15, 0.2) is 18.3 Å². The maximum atomic E-state index is 6.29. The second kappa shape index (κ2) is 7.95. The van der Waals surface area contributed by atoms with Gasteiger partial charge in [-0.3, -0.25) is 9.80 Å². The van der Waals surface area contributed by atoms with Crippen LogP contribution in [0.2, 0.25) is 18.1 Å². The second-order valence-corrected chi connectivity index (χ2v) is 13.1. The van der Waals surface area contributed by atoms with E-state index < -0.39 is 8.32 Å². The van der Waals surface area contributed by atoms with E-state index in [0.717, 1.165) is 45.9 Å². The van der Waals surface area contributed by atoms with Crippen molar-refractivity contribution in [1.82, 2.24) is 14.8 Å². The SMILES string of the molecule is CC(C)(C)[Si](C)(C)OCCN1CCN(Cc2ccc(N)nc2)CC1. The first-order valence-corrected chi connectivity index (χ1v) is 11.9. The fourth-order valence-electron chi connectivity index (χ4n) is 2.61. The van der Waals surface area contributed by atoms with Crippen LogP contribution in [0.1, 0.15) is 26.3 Å². The standard InChI is InChI=1S/C18H34N4OSi/c1-18(2,3)24(4,5)23-13-12-21-8-10-22(11-9-21)15-16-6-7-17(19)20-14-16/h6-7,14H,8-13,15H2,1-5H3,(H2,19,20). The van der Waals surface area contributed by atoms with Crippen LogP contribution in [-0.2, 0) is 11.0 Å². The summed E-state index contributed by atoms with van der Waals surface area (Å²) in [5.41, 5.74) is 6.88. The Morgan fingerprint density at radius 2 is 1.75 bits per heavy atom. The van der Waals surface area contributed by atoms with Gasteiger partial charge in [-0.1, -0.05) is 26.8 Å². The average Bonchev–Trinajstić information content (AvgIpc) is 2.50. The highest BCUT2D eigenvalue weighted by molar-refractivity contribution is 6.74. The lowest BCUT2D eigenvalue weighted by molar-refractivity contribution is 0.110. The summed E-state index contributed by atoms with van der Waals surface area (Å²) >= 11 is 0. The largest absolute Gasteiger partial charge is 0.416 e. The fourth-order valence-corrected chi connectivity index (χ4v) is 3.64. The number of rotatable bonds is 6. The van der Waals surface area contributed by atoms with Crippen molar-refractivity contribution in [1.29, 1.82) is 0 Å². The van der Waals surface area contributed by atoms with Crippen molar-refractivity contribution in [2.75, 3.05) is 45.1 Å². The molecule has 1 saturated heterocycles. The molecule has 0 saturated carbocycles. The number of anilines is 1. The second-order valence-electron chi connectivity index (χ2n) is 8.32. The van der Waals surface area contributed by atoms with Crippen LogP contribution < -0.4 is 5.73 Å². The summed E-state index contributed by atoms with van der Waals surface area (Å²) in [6.45, 7) is 18.8. The van der Waals surface area contributed by atoms with Gasteiger partial charge < -0.3 is 10.2 Å². The number of piperazine rings is 1. The van der Waals surface area contributed by atoms with Gasteiger partial charge in [0.1, 0.15) is 5.82 Å². The van der Waals surface area contributed by atoms with Crippen LogP contribution in [0.3, 0.4) is 0 Å². The van der Waals surface area contributed by atoms with E-state index in [1.807, 2.05) is 12.3 Å². The summed E-state index contributed by atoms with van der Waals surface area (Å²) in [4.78, 5) is 9.17. The highest BCUT2D eigenvalue weighted by atomic mass is 28.4. The number of hydrogen-bond acceptors (Lipinski definition) is 5. The molecule has 1 aromatic heterocycles. The summed E-state index contributed by atoms with van der Waals surface area (Å²) in [5.74, 6) is 0.588. The molecular formula is C18H34N4OSi. The number of nitrogens with two attached hydrogens (primary N) is 1. The van der Waals surface area contributed by atoms with E-state index in [-0.39, 0.29) is 0 Å². The van der Waals surface area contributed by atoms with E-state index in [4.69, 9.17) is 10.2 Å². The third kappa shape index (κ3) is 5.55. The lowest BCUT2D eigenvalue weighted by atomic mass is 10.2. The van der Waals surface area contributed by atoms with E-state index in [9.17, 15) is 0 Å². The Morgan fingerprint density at radius 3 is 2.29 bits per heavy atom. The molecule has 1 fully saturated rings. The van der Waals surface area contributed by atoms with Gasteiger partial charge in [0, 0.05) is 52.1 Å². The molecule has 1 aromatic rings. The van der Waals surface area contributed by atoms with Gasteiger partial charge in [0.25, 0.3) is 0 Å². The summed E-state index contributed by atoms with van der Waals surface area (Å²) in [7, 11) is -1.61. The van der Waals surface area contributed by atoms with Crippen molar-refractivity contribution in [2.24, 2.45) is 0 Å². The van der Waals surface area contributed by atoms with Gasteiger partial charge in [0.2, 0.25) is 0 Å². The molecule has 0 unspecified atom stereocenters. The molecule has 2 heterocycles. The third-order valence-electron chi connectivity index (χ3n) is 5.40. The van der Waals surface area contributed by atoms with E-state index in [0.29, 0.717) is 10.9 Å². The summed E-state index contributed by atoms with van der Waals surface area (Å²) in [6, 6.07) is 3.95. The molecule has 1 aliphatic rings. The predicted octanol–water partition coefficient (Wildman–Crippen LogP) is 2.80. The molecule has 136 valence electrons. The molecule has 0 radical (unpaired) electrons. The summed E-state index contributed by atoms with van der Waals surface area (Å²) < 4.78 is 6.29. The van der Waals surface area contributed by atoms with E-state index in [2.05, 4.69) is 54.7 Å². The lowest BCUT2D eigenvalue weighted by Crippen LogP contribution is -2.48. The van der Waals surface area contributed by atoms with Crippen LogP contribution in [0.5, 0.6) is 0 Å². The Morgan fingerprint density at radius 1 is 1.12 bits per heavy atom. The molecule has 5 nitrogen and oxygen atoms in total. The first kappa shape index (κ1) is 19.4. The highest BCUT2D eigenvalue weighted by Crippen LogP contribution is 2.36. The predicted molar refractivity (Wildman–Crippen MR) is 104 cm³/mol. The van der Waals surface area contributed by atoms with Crippen molar-refractivity contribution in [3.63, 3.8) is 0 Å². The number of hydrogen-bond donors (Lipinski definition) is 1. The summed E-state index contributed by atoms with van der Waals surface area (Å²) in [6.07, 6.45) is 1.88. The molecule has 2 N–H and O–H groups in total. The molecule has 0 bridgehead atoms. The molecule has 2 rings (SSSR count). The molecule has 1 aliphatic heterocycles. The smallest absolute Gasteiger partial charge is 0.192 e. The highest BCUT2D eigenvalue weighted by Gasteiger charge is 2.37. The normalized spacial score (nSPS) is 18.0. The Balaban J connectivity index is 1.68. The topological polar surface area (TPSA) is 54.6 Å². The molecule has 0 aromatic carbocycles. The van der Waals surface area contributed by atoms with Crippen molar-refractivity contribution in [3.8, 4) is 0 Å².